The molecule has 1 aromatic rings. The molecule has 1 aromatic carbocycles. The molecule has 1 atom stereocenters. The second-order valence-electron chi connectivity index (χ2n) is 6.76. The zero-order chi connectivity index (χ0) is 20.9. The van der Waals surface area contributed by atoms with Gasteiger partial charge >= 0.3 is 12.0 Å². The van der Waals surface area contributed by atoms with Crippen molar-refractivity contribution in [2.24, 2.45) is 5.92 Å². The minimum Gasteiger partial charge on any atom is -0.497 e. The van der Waals surface area contributed by atoms with Crippen LogP contribution in [0.25, 0.3) is 0 Å². The fourth-order valence-electron chi connectivity index (χ4n) is 2.88. The molecule has 1 heterocycles. The van der Waals surface area contributed by atoms with E-state index in [9.17, 15) is 18.0 Å². The summed E-state index contributed by atoms with van der Waals surface area (Å²) in [4.78, 5) is 25.9. The molecule has 1 aliphatic heterocycles. The van der Waals surface area contributed by atoms with Gasteiger partial charge in [0.05, 0.1) is 19.1 Å². The molecule has 0 saturated carbocycles. The van der Waals surface area contributed by atoms with Crippen LogP contribution in [0, 0.1) is 5.92 Å². The quantitative estimate of drug-likeness (QED) is 0.695. The fraction of sp³-hybridized carbons (Fsp3) is 0.556. The smallest absolute Gasteiger partial charge is 0.328 e. The number of amides is 2. The highest BCUT2D eigenvalue weighted by Gasteiger charge is 2.32. The van der Waals surface area contributed by atoms with Gasteiger partial charge in [0.2, 0.25) is 10.0 Å². The normalized spacial score (nSPS) is 16.5. The number of carbonyl (C=O) groups excluding carboxylic acids is 2. The molecule has 2 amide bonds. The summed E-state index contributed by atoms with van der Waals surface area (Å²) in [5, 5.41) is 2.67. The first-order valence-corrected chi connectivity index (χ1v) is 10.4. The Morgan fingerprint density at radius 2 is 1.61 bits per heavy atom. The number of nitrogens with one attached hydrogen (secondary N) is 1. The fourth-order valence-corrected chi connectivity index (χ4v) is 4.30. The number of methoxy groups -OCH3 is 2. The third-order valence-corrected chi connectivity index (χ3v) is 6.54. The topological polar surface area (TPSA) is 105 Å². The van der Waals surface area contributed by atoms with Gasteiger partial charge in [-0.05, 0) is 30.2 Å². The van der Waals surface area contributed by atoms with Crippen LogP contribution in [0.15, 0.2) is 29.2 Å². The highest BCUT2D eigenvalue weighted by Crippen LogP contribution is 2.20. The average Bonchev–Trinajstić information content (AvgIpc) is 2.71. The van der Waals surface area contributed by atoms with Crippen LogP contribution in [0.1, 0.15) is 13.8 Å². The Bertz CT molecular complexity index is 786. The lowest BCUT2D eigenvalue weighted by Gasteiger charge is -2.35. The van der Waals surface area contributed by atoms with Gasteiger partial charge in [-0.2, -0.15) is 4.31 Å². The van der Waals surface area contributed by atoms with E-state index in [1.807, 2.05) is 0 Å². The Kier molecular flexibility index (Phi) is 7.25. The SMILES string of the molecule is COC(=O)[C@H](NC(=O)N1CCN(S(=O)(=O)c2ccc(OC)cc2)CC1)C(C)C. The molecular formula is C18H27N3O6S. The van der Waals surface area contributed by atoms with Crippen molar-refractivity contribution in [2.45, 2.75) is 24.8 Å². The van der Waals surface area contributed by atoms with Crippen LogP contribution in [0.4, 0.5) is 4.79 Å². The highest BCUT2D eigenvalue weighted by atomic mass is 32.2. The molecule has 156 valence electrons. The number of hydrogen-bond donors (Lipinski definition) is 1. The van der Waals surface area contributed by atoms with Gasteiger partial charge in [0.25, 0.3) is 0 Å². The average molecular weight is 413 g/mol. The van der Waals surface area contributed by atoms with E-state index in [4.69, 9.17) is 9.47 Å². The number of sulfonamides is 1. The molecule has 1 aliphatic rings. The van der Waals surface area contributed by atoms with Gasteiger partial charge < -0.3 is 19.7 Å². The monoisotopic (exact) mass is 413 g/mol. The summed E-state index contributed by atoms with van der Waals surface area (Å²) in [6.45, 7) is 4.42. The molecule has 28 heavy (non-hydrogen) atoms. The second-order valence-corrected chi connectivity index (χ2v) is 8.70. The number of hydrogen-bond acceptors (Lipinski definition) is 6. The van der Waals surface area contributed by atoms with E-state index in [-0.39, 0.29) is 37.0 Å². The van der Waals surface area contributed by atoms with Crippen molar-refractivity contribution in [2.75, 3.05) is 40.4 Å². The number of benzene rings is 1. The third kappa shape index (κ3) is 4.93. The van der Waals surface area contributed by atoms with Crippen molar-refractivity contribution >= 4 is 22.0 Å². The number of carbonyl (C=O) groups is 2. The van der Waals surface area contributed by atoms with E-state index in [0.29, 0.717) is 5.75 Å². The molecule has 0 radical (unpaired) electrons. The molecule has 10 heteroatoms. The summed E-state index contributed by atoms with van der Waals surface area (Å²) in [7, 11) is -0.863. The predicted molar refractivity (Wildman–Crippen MR) is 102 cm³/mol. The van der Waals surface area contributed by atoms with E-state index in [2.05, 4.69) is 5.32 Å². The van der Waals surface area contributed by atoms with Crippen LogP contribution in [0.3, 0.4) is 0 Å². The van der Waals surface area contributed by atoms with Crippen LogP contribution in [0.5, 0.6) is 5.75 Å². The predicted octanol–water partition coefficient (Wildman–Crippen LogP) is 0.909. The maximum absolute atomic E-state index is 12.8. The van der Waals surface area contributed by atoms with E-state index in [1.165, 1.54) is 35.6 Å². The van der Waals surface area contributed by atoms with E-state index >= 15 is 0 Å². The molecule has 0 bridgehead atoms. The van der Waals surface area contributed by atoms with E-state index in [1.54, 1.807) is 26.0 Å². The van der Waals surface area contributed by atoms with E-state index < -0.39 is 28.1 Å². The van der Waals surface area contributed by atoms with Crippen LogP contribution < -0.4 is 10.1 Å². The number of esters is 1. The summed E-state index contributed by atoms with van der Waals surface area (Å²) in [6, 6.07) is 5.02. The van der Waals surface area contributed by atoms with Crippen LogP contribution in [-0.2, 0) is 19.6 Å². The molecule has 1 N–H and O–H groups in total. The molecule has 1 fully saturated rings. The van der Waals surface area contributed by atoms with Crippen molar-refractivity contribution in [3.63, 3.8) is 0 Å². The lowest BCUT2D eigenvalue weighted by Crippen LogP contribution is -2.56. The maximum atomic E-state index is 12.8. The lowest BCUT2D eigenvalue weighted by atomic mass is 10.1. The maximum Gasteiger partial charge on any atom is 0.328 e. The second kappa shape index (κ2) is 9.24. The molecule has 0 aliphatic carbocycles. The highest BCUT2D eigenvalue weighted by molar-refractivity contribution is 7.89. The Balaban J connectivity index is 1.99. The van der Waals surface area contributed by atoms with Gasteiger partial charge in [-0.25, -0.2) is 18.0 Å². The van der Waals surface area contributed by atoms with Crippen molar-refractivity contribution in [1.82, 2.24) is 14.5 Å². The van der Waals surface area contributed by atoms with Crippen LogP contribution in [0.2, 0.25) is 0 Å². The van der Waals surface area contributed by atoms with E-state index in [0.717, 1.165) is 0 Å². The molecule has 1 saturated heterocycles. The van der Waals surface area contributed by atoms with Gasteiger partial charge in [-0.15, -0.1) is 0 Å². The number of ether oxygens (including phenoxy) is 2. The molecule has 2 rings (SSSR count). The van der Waals surface area contributed by atoms with Crippen molar-refractivity contribution in [3.8, 4) is 5.75 Å². The number of piperazine rings is 1. The van der Waals surface area contributed by atoms with Crippen molar-refractivity contribution < 1.29 is 27.5 Å². The Hall–Kier alpha value is -2.33. The lowest BCUT2D eigenvalue weighted by molar-refractivity contribution is -0.144. The van der Waals surface area contributed by atoms with Gasteiger partial charge in [0.15, 0.2) is 0 Å². The molecule has 0 unspecified atom stereocenters. The van der Waals surface area contributed by atoms with Crippen LogP contribution >= 0.6 is 0 Å². The van der Waals surface area contributed by atoms with Crippen LogP contribution in [-0.4, -0.2) is 76.1 Å². The number of urea groups is 1. The van der Waals surface area contributed by atoms with Crippen molar-refractivity contribution in [1.29, 1.82) is 0 Å². The number of nitrogens with zero attached hydrogens (tertiary/aromatic N) is 2. The largest absolute Gasteiger partial charge is 0.497 e. The molecule has 9 nitrogen and oxygen atoms in total. The zero-order valence-corrected chi connectivity index (χ0v) is 17.4. The Morgan fingerprint density at radius 3 is 2.07 bits per heavy atom. The summed E-state index contributed by atoms with van der Waals surface area (Å²) >= 11 is 0. The molecule has 0 spiro atoms. The summed E-state index contributed by atoms with van der Waals surface area (Å²) in [5.41, 5.74) is 0. The summed E-state index contributed by atoms with van der Waals surface area (Å²) < 4.78 is 36.6. The minimum atomic E-state index is -3.64. The standard InChI is InChI=1S/C18H27N3O6S/c1-13(2)16(17(22)27-4)19-18(23)20-9-11-21(12-10-20)28(24,25)15-7-5-14(26-3)6-8-15/h5-8,13,16H,9-12H2,1-4H3,(H,19,23)/t16-/m1/s1. The first kappa shape index (κ1) is 22.0. The van der Waals surface area contributed by atoms with Gasteiger partial charge in [0.1, 0.15) is 11.8 Å². The summed E-state index contributed by atoms with van der Waals surface area (Å²) in [6.07, 6.45) is 0. The summed E-state index contributed by atoms with van der Waals surface area (Å²) in [5.74, 6) is -0.0667. The molecular weight excluding hydrogens is 386 g/mol. The van der Waals surface area contributed by atoms with Gasteiger partial charge in [0, 0.05) is 26.2 Å². The van der Waals surface area contributed by atoms with Gasteiger partial charge in [-0.3, -0.25) is 0 Å². The first-order valence-electron chi connectivity index (χ1n) is 8.98. The van der Waals surface area contributed by atoms with Crippen molar-refractivity contribution in [3.05, 3.63) is 24.3 Å². The Morgan fingerprint density at radius 1 is 1.04 bits per heavy atom. The minimum absolute atomic E-state index is 0.131. The Labute approximate surface area is 165 Å². The first-order chi connectivity index (χ1) is 13.2. The molecule has 0 aromatic heterocycles. The van der Waals surface area contributed by atoms with Gasteiger partial charge in [-0.1, -0.05) is 13.8 Å². The third-order valence-electron chi connectivity index (χ3n) is 4.62. The number of rotatable bonds is 6. The zero-order valence-electron chi connectivity index (χ0n) is 16.5.